The Morgan fingerprint density at radius 3 is 2.46 bits per heavy atom. The smallest absolute Gasteiger partial charge is 0.243 e. The standard InChI is InChI=1S/C19H26N4O2S2.HI/c1-2-20-19(22-15-17-6-5-13-26-17)21-14-16-7-9-18(10-8-16)27(24,25)23-11-3-4-12-23;/h5-10,13H,2-4,11-12,14-15H2,1H3,(H2,20,21,22);1H. The van der Waals surface area contributed by atoms with Crippen molar-refractivity contribution in [2.45, 2.75) is 37.8 Å². The Kier molecular flexibility index (Phi) is 9.19. The van der Waals surface area contributed by atoms with Crippen LogP contribution in [0.1, 0.15) is 30.2 Å². The second-order valence-corrected chi connectivity index (χ2v) is 9.35. The maximum Gasteiger partial charge on any atom is 0.243 e. The van der Waals surface area contributed by atoms with E-state index in [1.54, 1.807) is 27.8 Å². The zero-order valence-corrected chi connectivity index (χ0v) is 19.9. The summed E-state index contributed by atoms with van der Waals surface area (Å²) in [6.45, 7) is 5.27. The second-order valence-electron chi connectivity index (χ2n) is 6.38. The van der Waals surface area contributed by atoms with Crippen LogP contribution in [-0.2, 0) is 23.1 Å². The molecule has 1 aromatic carbocycles. The summed E-state index contributed by atoms with van der Waals surface area (Å²) in [5.41, 5.74) is 0.976. The fraction of sp³-hybridized carbons (Fsp3) is 0.421. The number of thiophene rings is 1. The van der Waals surface area contributed by atoms with Crippen molar-refractivity contribution in [2.75, 3.05) is 19.6 Å². The number of aliphatic imine (C=N–C) groups is 1. The summed E-state index contributed by atoms with van der Waals surface area (Å²) in [4.78, 5) is 6.20. The van der Waals surface area contributed by atoms with Crippen molar-refractivity contribution in [1.29, 1.82) is 0 Å². The summed E-state index contributed by atoms with van der Waals surface area (Å²) in [5, 5.41) is 8.60. The Bertz CT molecular complexity index is 847. The van der Waals surface area contributed by atoms with E-state index in [0.29, 0.717) is 24.5 Å². The molecule has 1 fully saturated rings. The Balaban J connectivity index is 0.00000280. The van der Waals surface area contributed by atoms with Crippen molar-refractivity contribution in [3.05, 3.63) is 52.2 Å². The van der Waals surface area contributed by atoms with Gasteiger partial charge in [-0.25, -0.2) is 13.4 Å². The monoisotopic (exact) mass is 534 g/mol. The first-order chi connectivity index (χ1) is 13.1. The van der Waals surface area contributed by atoms with Gasteiger partial charge in [0.05, 0.1) is 18.0 Å². The molecule has 0 spiro atoms. The largest absolute Gasteiger partial charge is 0.357 e. The van der Waals surface area contributed by atoms with Crippen LogP contribution in [0.2, 0.25) is 0 Å². The number of hydrogen-bond acceptors (Lipinski definition) is 4. The highest BCUT2D eigenvalue weighted by molar-refractivity contribution is 14.0. The first kappa shape index (κ1) is 23.1. The van der Waals surface area contributed by atoms with Gasteiger partial charge in [-0.15, -0.1) is 35.3 Å². The van der Waals surface area contributed by atoms with Gasteiger partial charge in [0.15, 0.2) is 5.96 Å². The van der Waals surface area contributed by atoms with Gasteiger partial charge < -0.3 is 10.6 Å². The van der Waals surface area contributed by atoms with Crippen LogP contribution in [0.25, 0.3) is 0 Å². The molecule has 154 valence electrons. The van der Waals surface area contributed by atoms with Gasteiger partial charge in [-0.3, -0.25) is 0 Å². The average molecular weight is 534 g/mol. The SMILES string of the molecule is CCNC(=NCc1ccc(S(=O)(=O)N2CCCC2)cc1)NCc1cccs1.I. The molecule has 2 heterocycles. The van der Waals surface area contributed by atoms with E-state index in [1.165, 1.54) is 4.88 Å². The van der Waals surface area contributed by atoms with Crippen LogP contribution in [0.5, 0.6) is 0 Å². The summed E-state index contributed by atoms with van der Waals surface area (Å²) >= 11 is 1.71. The van der Waals surface area contributed by atoms with Crippen LogP contribution < -0.4 is 10.6 Å². The van der Waals surface area contributed by atoms with Crippen molar-refractivity contribution in [2.24, 2.45) is 4.99 Å². The van der Waals surface area contributed by atoms with Gasteiger partial charge in [-0.05, 0) is 48.9 Å². The van der Waals surface area contributed by atoms with Crippen molar-refractivity contribution in [3.8, 4) is 0 Å². The van der Waals surface area contributed by atoms with Gasteiger partial charge >= 0.3 is 0 Å². The molecule has 0 radical (unpaired) electrons. The number of nitrogens with zero attached hydrogens (tertiary/aromatic N) is 2. The van der Waals surface area contributed by atoms with E-state index >= 15 is 0 Å². The third-order valence-corrected chi connectivity index (χ3v) is 7.19. The van der Waals surface area contributed by atoms with Crippen LogP contribution >= 0.6 is 35.3 Å². The highest BCUT2D eigenvalue weighted by Gasteiger charge is 2.26. The van der Waals surface area contributed by atoms with Crippen molar-refractivity contribution in [3.63, 3.8) is 0 Å². The molecular weight excluding hydrogens is 507 g/mol. The molecule has 3 rings (SSSR count). The third kappa shape index (κ3) is 6.16. The summed E-state index contributed by atoms with van der Waals surface area (Å²) in [6, 6.07) is 11.2. The molecule has 1 aromatic heterocycles. The topological polar surface area (TPSA) is 73.8 Å². The highest BCUT2D eigenvalue weighted by atomic mass is 127. The van der Waals surface area contributed by atoms with Gasteiger partial charge in [-0.1, -0.05) is 18.2 Å². The molecule has 1 aliphatic rings. The zero-order valence-electron chi connectivity index (χ0n) is 15.9. The van der Waals surface area contributed by atoms with E-state index in [9.17, 15) is 8.42 Å². The molecule has 6 nitrogen and oxygen atoms in total. The molecule has 1 aliphatic heterocycles. The van der Waals surface area contributed by atoms with E-state index in [2.05, 4.69) is 27.1 Å². The van der Waals surface area contributed by atoms with Crippen LogP contribution in [-0.4, -0.2) is 38.3 Å². The second kappa shape index (κ2) is 11.1. The molecule has 0 saturated carbocycles. The molecule has 0 amide bonds. The van der Waals surface area contributed by atoms with Gasteiger partial charge in [0.25, 0.3) is 0 Å². The fourth-order valence-electron chi connectivity index (χ4n) is 2.94. The fourth-order valence-corrected chi connectivity index (χ4v) is 5.10. The normalized spacial score (nSPS) is 15.2. The van der Waals surface area contributed by atoms with E-state index in [0.717, 1.165) is 37.5 Å². The predicted molar refractivity (Wildman–Crippen MR) is 126 cm³/mol. The Morgan fingerprint density at radius 2 is 1.86 bits per heavy atom. The Labute approximate surface area is 188 Å². The molecule has 9 heteroatoms. The minimum Gasteiger partial charge on any atom is -0.357 e. The molecule has 0 aliphatic carbocycles. The molecule has 28 heavy (non-hydrogen) atoms. The van der Waals surface area contributed by atoms with Crippen molar-refractivity contribution >= 4 is 51.3 Å². The lowest BCUT2D eigenvalue weighted by atomic mass is 10.2. The first-order valence-electron chi connectivity index (χ1n) is 9.23. The number of sulfonamides is 1. The molecule has 0 unspecified atom stereocenters. The minimum absolute atomic E-state index is 0. The van der Waals surface area contributed by atoms with Gasteiger partial charge in [0, 0.05) is 24.5 Å². The van der Waals surface area contributed by atoms with E-state index < -0.39 is 10.0 Å². The van der Waals surface area contributed by atoms with E-state index in [1.807, 2.05) is 25.1 Å². The lowest BCUT2D eigenvalue weighted by molar-refractivity contribution is 0.477. The quantitative estimate of drug-likeness (QED) is 0.325. The number of halogens is 1. The lowest BCUT2D eigenvalue weighted by Gasteiger charge is -2.15. The van der Waals surface area contributed by atoms with Crippen molar-refractivity contribution < 1.29 is 8.42 Å². The molecular formula is C19H27IN4O2S2. The summed E-state index contributed by atoms with van der Waals surface area (Å²) in [5.74, 6) is 0.750. The molecule has 2 N–H and O–H groups in total. The Hall–Kier alpha value is -1.17. The van der Waals surface area contributed by atoms with Gasteiger partial charge in [0.1, 0.15) is 0 Å². The summed E-state index contributed by atoms with van der Waals surface area (Å²) in [6.07, 6.45) is 1.88. The number of hydrogen-bond donors (Lipinski definition) is 2. The number of nitrogens with one attached hydrogen (secondary N) is 2. The van der Waals surface area contributed by atoms with Crippen LogP contribution in [0, 0.1) is 0 Å². The Morgan fingerprint density at radius 1 is 1.14 bits per heavy atom. The minimum atomic E-state index is -3.36. The number of benzene rings is 1. The van der Waals surface area contributed by atoms with Crippen molar-refractivity contribution in [1.82, 2.24) is 14.9 Å². The molecule has 0 bridgehead atoms. The van der Waals surface area contributed by atoms with E-state index in [-0.39, 0.29) is 24.0 Å². The molecule has 1 saturated heterocycles. The highest BCUT2D eigenvalue weighted by Crippen LogP contribution is 2.21. The van der Waals surface area contributed by atoms with Gasteiger partial charge in [0.2, 0.25) is 10.0 Å². The maximum atomic E-state index is 12.6. The van der Waals surface area contributed by atoms with E-state index in [4.69, 9.17) is 0 Å². The molecule has 2 aromatic rings. The lowest BCUT2D eigenvalue weighted by Crippen LogP contribution is -2.36. The molecule has 0 atom stereocenters. The first-order valence-corrected chi connectivity index (χ1v) is 11.5. The van der Waals surface area contributed by atoms with Gasteiger partial charge in [-0.2, -0.15) is 4.31 Å². The predicted octanol–water partition coefficient (Wildman–Crippen LogP) is 3.41. The summed E-state index contributed by atoms with van der Waals surface area (Å²) < 4.78 is 26.7. The van der Waals surface area contributed by atoms with Crippen LogP contribution in [0.15, 0.2) is 51.7 Å². The third-order valence-electron chi connectivity index (χ3n) is 4.40. The zero-order chi connectivity index (χ0) is 19.1. The average Bonchev–Trinajstić information content (AvgIpc) is 3.38. The maximum absolute atomic E-state index is 12.6. The van der Waals surface area contributed by atoms with Crippen LogP contribution in [0.3, 0.4) is 0 Å². The summed E-state index contributed by atoms with van der Waals surface area (Å²) in [7, 11) is -3.36. The number of rotatable bonds is 7. The van der Waals surface area contributed by atoms with Crippen LogP contribution in [0.4, 0.5) is 0 Å². The number of guanidine groups is 1.